The average molecular weight is 434 g/mol. The standard InChI is InChI=1S/C17H19N7O3S2/c1-3-13(23-15(18)21-22-17(23)28-4-2)14(25)20-16-19-12(9-29-16)10-6-5-7-11(8-10)24(26)27/h5-9,13H,3-4H2,1-2H3,(H2,18,21)(H,19,20,25). The number of rotatable bonds is 8. The van der Waals surface area contributed by atoms with Crippen LogP contribution in [-0.4, -0.2) is 36.3 Å². The lowest BCUT2D eigenvalue weighted by Crippen LogP contribution is -2.27. The lowest BCUT2D eigenvalue weighted by atomic mass is 10.1. The fourth-order valence-electron chi connectivity index (χ4n) is 2.73. The Labute approximate surface area is 174 Å². The minimum absolute atomic E-state index is 0.0174. The molecule has 10 nitrogen and oxygen atoms in total. The number of hydrogen-bond donors (Lipinski definition) is 2. The van der Waals surface area contributed by atoms with Gasteiger partial charge in [-0.3, -0.25) is 19.5 Å². The highest BCUT2D eigenvalue weighted by Crippen LogP contribution is 2.29. The second kappa shape index (κ2) is 9.01. The van der Waals surface area contributed by atoms with Gasteiger partial charge in [-0.1, -0.05) is 37.7 Å². The van der Waals surface area contributed by atoms with Gasteiger partial charge in [-0.05, 0) is 12.2 Å². The molecule has 0 bridgehead atoms. The minimum atomic E-state index is -0.579. The number of nitro groups is 1. The highest BCUT2D eigenvalue weighted by molar-refractivity contribution is 7.99. The maximum atomic E-state index is 12.9. The highest BCUT2D eigenvalue weighted by Gasteiger charge is 2.25. The van der Waals surface area contributed by atoms with Gasteiger partial charge in [0.15, 0.2) is 10.3 Å². The number of nitrogens with zero attached hydrogens (tertiary/aromatic N) is 5. The Bertz CT molecular complexity index is 1030. The van der Waals surface area contributed by atoms with Crippen LogP contribution in [-0.2, 0) is 4.79 Å². The smallest absolute Gasteiger partial charge is 0.270 e. The molecule has 152 valence electrons. The van der Waals surface area contributed by atoms with Gasteiger partial charge in [0, 0.05) is 23.1 Å². The van der Waals surface area contributed by atoms with Gasteiger partial charge in [0.2, 0.25) is 11.9 Å². The third-order valence-electron chi connectivity index (χ3n) is 4.05. The van der Waals surface area contributed by atoms with E-state index < -0.39 is 11.0 Å². The number of carbonyl (C=O) groups is 1. The summed E-state index contributed by atoms with van der Waals surface area (Å²) in [6.45, 7) is 3.85. The van der Waals surface area contributed by atoms with E-state index in [1.165, 1.54) is 35.2 Å². The van der Waals surface area contributed by atoms with E-state index in [2.05, 4.69) is 20.5 Å². The summed E-state index contributed by atoms with van der Waals surface area (Å²) in [7, 11) is 0. The predicted molar refractivity (Wildman–Crippen MR) is 113 cm³/mol. The summed E-state index contributed by atoms with van der Waals surface area (Å²) in [5.74, 6) is 0.672. The molecule has 29 heavy (non-hydrogen) atoms. The number of nitrogen functional groups attached to an aromatic ring is 1. The van der Waals surface area contributed by atoms with Crippen molar-refractivity contribution in [3.05, 3.63) is 39.8 Å². The van der Waals surface area contributed by atoms with Crippen molar-refractivity contribution in [1.82, 2.24) is 19.7 Å². The molecule has 3 aromatic rings. The second-order valence-electron chi connectivity index (χ2n) is 5.90. The van der Waals surface area contributed by atoms with Crippen LogP contribution in [0.3, 0.4) is 0 Å². The number of aromatic nitrogens is 4. The van der Waals surface area contributed by atoms with Crippen molar-refractivity contribution in [3.8, 4) is 11.3 Å². The van der Waals surface area contributed by atoms with Crippen molar-refractivity contribution in [2.45, 2.75) is 31.5 Å². The Kier molecular flexibility index (Phi) is 6.44. The second-order valence-corrected chi connectivity index (χ2v) is 7.99. The molecule has 0 saturated carbocycles. The molecule has 0 radical (unpaired) electrons. The Morgan fingerprint density at radius 2 is 2.21 bits per heavy atom. The number of non-ortho nitro benzene ring substituents is 1. The summed E-state index contributed by atoms with van der Waals surface area (Å²) in [6, 6.07) is 5.61. The molecule has 0 aliphatic carbocycles. The molecule has 12 heteroatoms. The molecule has 0 aliphatic heterocycles. The van der Waals surface area contributed by atoms with Gasteiger partial charge in [0.25, 0.3) is 5.69 Å². The number of nitrogens with one attached hydrogen (secondary N) is 1. The number of amides is 1. The molecule has 3 rings (SSSR count). The molecule has 3 N–H and O–H groups in total. The summed E-state index contributed by atoms with van der Waals surface area (Å²) in [4.78, 5) is 27.8. The third kappa shape index (κ3) is 4.54. The maximum Gasteiger partial charge on any atom is 0.270 e. The van der Waals surface area contributed by atoms with Gasteiger partial charge in [0.1, 0.15) is 6.04 Å². The van der Waals surface area contributed by atoms with Crippen LogP contribution in [0.4, 0.5) is 16.8 Å². The van der Waals surface area contributed by atoms with Crippen molar-refractivity contribution >= 4 is 45.8 Å². The number of anilines is 2. The molecule has 0 fully saturated rings. The highest BCUT2D eigenvalue weighted by atomic mass is 32.2. The van der Waals surface area contributed by atoms with Crippen LogP contribution < -0.4 is 11.1 Å². The fourth-order valence-corrected chi connectivity index (χ4v) is 4.16. The zero-order chi connectivity index (χ0) is 21.0. The lowest BCUT2D eigenvalue weighted by Gasteiger charge is -2.18. The molecule has 1 aromatic carbocycles. The van der Waals surface area contributed by atoms with Crippen molar-refractivity contribution in [2.75, 3.05) is 16.8 Å². The van der Waals surface area contributed by atoms with E-state index in [0.29, 0.717) is 28.0 Å². The van der Waals surface area contributed by atoms with E-state index in [0.717, 1.165) is 5.75 Å². The van der Waals surface area contributed by atoms with E-state index in [-0.39, 0.29) is 17.5 Å². The minimum Gasteiger partial charge on any atom is -0.368 e. The van der Waals surface area contributed by atoms with Gasteiger partial charge in [0.05, 0.1) is 10.6 Å². The first-order valence-corrected chi connectivity index (χ1v) is 10.7. The molecule has 0 saturated heterocycles. The number of nitro benzene ring substituents is 1. The van der Waals surface area contributed by atoms with Gasteiger partial charge in [-0.2, -0.15) is 0 Å². The van der Waals surface area contributed by atoms with Crippen LogP contribution in [0.25, 0.3) is 11.3 Å². The van der Waals surface area contributed by atoms with Gasteiger partial charge < -0.3 is 11.1 Å². The zero-order valence-corrected chi connectivity index (χ0v) is 17.4. The SMILES string of the molecule is CCSc1nnc(N)n1C(CC)C(=O)Nc1nc(-c2cccc([N+](=O)[O-])c2)cs1. The number of thiazole rings is 1. The summed E-state index contributed by atoms with van der Waals surface area (Å²) in [5, 5.41) is 24.4. The van der Waals surface area contributed by atoms with E-state index in [4.69, 9.17) is 5.73 Å². The number of hydrogen-bond acceptors (Lipinski definition) is 9. The molecule has 0 spiro atoms. The Hall–Kier alpha value is -2.99. The zero-order valence-electron chi connectivity index (χ0n) is 15.7. The number of benzene rings is 1. The Morgan fingerprint density at radius 1 is 1.41 bits per heavy atom. The third-order valence-corrected chi connectivity index (χ3v) is 5.64. The van der Waals surface area contributed by atoms with E-state index >= 15 is 0 Å². The molecule has 1 amide bonds. The van der Waals surface area contributed by atoms with Crippen LogP contribution in [0, 0.1) is 10.1 Å². The van der Waals surface area contributed by atoms with Crippen LogP contribution >= 0.6 is 23.1 Å². The summed E-state index contributed by atoms with van der Waals surface area (Å²) >= 11 is 2.70. The van der Waals surface area contributed by atoms with Crippen molar-refractivity contribution in [2.24, 2.45) is 0 Å². The summed E-state index contributed by atoms with van der Waals surface area (Å²) in [6.07, 6.45) is 0.495. The summed E-state index contributed by atoms with van der Waals surface area (Å²) in [5.41, 5.74) is 7.06. The molecular weight excluding hydrogens is 414 g/mol. The molecule has 2 aromatic heterocycles. The van der Waals surface area contributed by atoms with Crippen LogP contribution in [0.15, 0.2) is 34.8 Å². The molecular formula is C17H19N7O3S2. The maximum absolute atomic E-state index is 12.9. The Balaban J connectivity index is 1.80. The largest absolute Gasteiger partial charge is 0.368 e. The number of nitrogens with two attached hydrogens (primary N) is 1. The fraction of sp³-hybridized carbons (Fsp3) is 0.294. The van der Waals surface area contributed by atoms with E-state index in [1.807, 2.05) is 13.8 Å². The van der Waals surface area contributed by atoms with Crippen LogP contribution in [0.5, 0.6) is 0 Å². The number of thioether (sulfide) groups is 1. The summed E-state index contributed by atoms with van der Waals surface area (Å²) < 4.78 is 1.62. The van der Waals surface area contributed by atoms with Gasteiger partial charge in [-0.15, -0.1) is 21.5 Å². The van der Waals surface area contributed by atoms with Gasteiger partial charge >= 0.3 is 0 Å². The first-order valence-electron chi connectivity index (χ1n) is 8.79. The topological polar surface area (TPSA) is 142 Å². The van der Waals surface area contributed by atoms with E-state index in [9.17, 15) is 14.9 Å². The lowest BCUT2D eigenvalue weighted by molar-refractivity contribution is -0.384. The van der Waals surface area contributed by atoms with Crippen molar-refractivity contribution in [3.63, 3.8) is 0 Å². The first kappa shape index (κ1) is 20.7. The van der Waals surface area contributed by atoms with Crippen LogP contribution in [0.2, 0.25) is 0 Å². The Morgan fingerprint density at radius 3 is 2.90 bits per heavy atom. The molecule has 1 atom stereocenters. The quantitative estimate of drug-likeness (QED) is 0.312. The first-order chi connectivity index (χ1) is 13.9. The normalized spacial score (nSPS) is 11.9. The monoisotopic (exact) mass is 433 g/mol. The van der Waals surface area contributed by atoms with Crippen LogP contribution in [0.1, 0.15) is 26.3 Å². The molecule has 0 aliphatic rings. The van der Waals surface area contributed by atoms with Crippen molar-refractivity contribution in [1.29, 1.82) is 0 Å². The van der Waals surface area contributed by atoms with Gasteiger partial charge in [-0.25, -0.2) is 4.98 Å². The van der Waals surface area contributed by atoms with E-state index in [1.54, 1.807) is 22.1 Å². The molecule has 2 heterocycles. The average Bonchev–Trinajstić information content (AvgIpc) is 3.31. The molecule has 1 unspecified atom stereocenters. The van der Waals surface area contributed by atoms with Crippen molar-refractivity contribution < 1.29 is 9.72 Å². The number of carbonyl (C=O) groups excluding carboxylic acids is 1. The predicted octanol–water partition coefficient (Wildman–Crippen LogP) is 3.59.